The monoisotopic (exact) mass is 462 g/mol. The first-order valence-corrected chi connectivity index (χ1v) is 9.94. The Bertz CT molecular complexity index is 964. The molecule has 0 aliphatic carbocycles. The Balaban J connectivity index is 1.87. The van der Waals surface area contributed by atoms with Crippen molar-refractivity contribution in [2.24, 2.45) is 0 Å². The van der Waals surface area contributed by atoms with E-state index in [9.17, 15) is 9.59 Å². The Morgan fingerprint density at radius 3 is 2.70 bits per heavy atom. The molecule has 2 amide bonds. The molecule has 2 aromatic rings. The van der Waals surface area contributed by atoms with Crippen LogP contribution in [0.25, 0.3) is 6.08 Å². The second kappa shape index (κ2) is 8.24. The lowest BCUT2D eigenvalue weighted by atomic mass is 10.1. The van der Waals surface area contributed by atoms with Crippen molar-refractivity contribution in [3.63, 3.8) is 0 Å². The minimum atomic E-state index is -0.550. The van der Waals surface area contributed by atoms with Gasteiger partial charge in [0.05, 0.1) is 4.47 Å². The largest absolute Gasteiger partial charge is 0.449 e. The summed E-state index contributed by atoms with van der Waals surface area (Å²) in [4.78, 5) is 27.0. The quantitative estimate of drug-likeness (QED) is 0.310. The lowest BCUT2D eigenvalue weighted by molar-refractivity contribution is -0.128. The molecule has 0 atom stereocenters. The highest BCUT2D eigenvalue weighted by Crippen LogP contribution is 2.36. The third-order valence-corrected chi connectivity index (χ3v) is 5.86. The normalized spacial score (nSPS) is 16.0. The van der Waals surface area contributed by atoms with Gasteiger partial charge in [0.2, 0.25) is 0 Å². The van der Waals surface area contributed by atoms with Crippen molar-refractivity contribution in [3.8, 4) is 0 Å². The van der Waals surface area contributed by atoms with Crippen LogP contribution in [0.2, 0.25) is 0 Å². The molecule has 1 aliphatic rings. The number of nitrogens with one attached hydrogen (secondary N) is 1. The van der Waals surface area contributed by atoms with Crippen molar-refractivity contribution in [3.05, 3.63) is 64.4 Å². The molecule has 0 radical (unpaired) electrons. The van der Waals surface area contributed by atoms with Crippen LogP contribution in [-0.2, 0) is 9.59 Å². The highest BCUT2D eigenvalue weighted by molar-refractivity contribution is 9.10. The minimum absolute atomic E-state index is 0.0430. The highest BCUT2D eigenvalue weighted by Gasteiger charge is 2.33. The molecule has 27 heavy (non-hydrogen) atoms. The maximum Gasteiger partial charge on any atom is 0.266 e. The van der Waals surface area contributed by atoms with Gasteiger partial charge in [-0.15, -0.1) is 6.58 Å². The molecule has 2 heterocycles. The molecule has 1 fully saturated rings. The van der Waals surface area contributed by atoms with Gasteiger partial charge in [0.15, 0.2) is 10.2 Å². The lowest BCUT2D eigenvalue weighted by Crippen LogP contribution is -2.53. The van der Waals surface area contributed by atoms with Gasteiger partial charge in [-0.3, -0.25) is 19.8 Å². The van der Waals surface area contributed by atoms with Crippen molar-refractivity contribution in [1.29, 1.82) is 0 Å². The van der Waals surface area contributed by atoms with Crippen LogP contribution >= 0.6 is 39.9 Å². The van der Waals surface area contributed by atoms with Crippen molar-refractivity contribution in [1.82, 2.24) is 10.2 Å². The number of carbonyl (C=O) groups excluding carboxylic acids is 2. The zero-order valence-corrected chi connectivity index (χ0v) is 17.5. The van der Waals surface area contributed by atoms with E-state index in [4.69, 9.17) is 16.6 Å². The van der Waals surface area contributed by atoms with Gasteiger partial charge in [0.1, 0.15) is 11.3 Å². The zero-order valence-electron chi connectivity index (χ0n) is 14.3. The Kier molecular flexibility index (Phi) is 5.98. The van der Waals surface area contributed by atoms with Crippen LogP contribution in [0.4, 0.5) is 0 Å². The molecule has 1 N–H and O–H groups in total. The summed E-state index contributed by atoms with van der Waals surface area (Å²) in [5, 5.41) is 3.20. The number of aryl methyl sites for hydroxylation is 1. The number of amides is 2. The predicted molar refractivity (Wildman–Crippen MR) is 112 cm³/mol. The molecular weight excluding hydrogens is 448 g/mol. The first-order valence-electron chi connectivity index (χ1n) is 7.92. The average molecular weight is 463 g/mol. The number of halogens is 1. The van der Waals surface area contributed by atoms with Crippen molar-refractivity contribution >= 4 is 62.9 Å². The molecule has 1 aromatic heterocycles. The molecule has 1 aliphatic heterocycles. The zero-order chi connectivity index (χ0) is 19.6. The molecule has 1 saturated heterocycles. The topological polar surface area (TPSA) is 62.6 Å². The lowest BCUT2D eigenvalue weighted by Gasteiger charge is -2.27. The smallest absolute Gasteiger partial charge is 0.266 e. The van der Waals surface area contributed by atoms with Crippen molar-refractivity contribution in [2.75, 3.05) is 6.54 Å². The van der Waals surface area contributed by atoms with Gasteiger partial charge in [0, 0.05) is 11.4 Å². The summed E-state index contributed by atoms with van der Waals surface area (Å²) in [6.07, 6.45) is 2.96. The Morgan fingerprint density at radius 1 is 1.33 bits per heavy atom. The van der Waals surface area contributed by atoms with Gasteiger partial charge in [-0.25, -0.2) is 0 Å². The number of carbonyl (C=O) groups is 2. The summed E-state index contributed by atoms with van der Waals surface area (Å²) in [6.45, 7) is 5.84. The van der Waals surface area contributed by atoms with Crippen LogP contribution in [0.5, 0.6) is 0 Å². The average Bonchev–Trinajstić information content (AvgIpc) is 2.97. The van der Waals surface area contributed by atoms with Crippen LogP contribution in [0.15, 0.2) is 67.4 Å². The molecule has 0 bridgehead atoms. The summed E-state index contributed by atoms with van der Waals surface area (Å²) in [5.74, 6) is -0.643. The Labute approximate surface area is 174 Å². The maximum absolute atomic E-state index is 12.6. The first-order chi connectivity index (χ1) is 12.9. The fraction of sp³-hybridized carbons (Fsp3) is 0.105. The van der Waals surface area contributed by atoms with Gasteiger partial charge in [-0.1, -0.05) is 35.5 Å². The third-order valence-electron chi connectivity index (χ3n) is 3.69. The second-order valence-corrected chi connectivity index (χ2v) is 8.01. The third kappa shape index (κ3) is 4.40. The van der Waals surface area contributed by atoms with Crippen LogP contribution < -0.4 is 5.32 Å². The molecule has 138 valence electrons. The van der Waals surface area contributed by atoms with Crippen molar-refractivity contribution in [2.45, 2.75) is 16.9 Å². The molecule has 3 rings (SSSR count). The van der Waals surface area contributed by atoms with E-state index in [0.29, 0.717) is 10.9 Å². The number of nitrogens with zero attached hydrogens (tertiary/aromatic N) is 1. The molecule has 0 spiro atoms. The van der Waals surface area contributed by atoms with Gasteiger partial charge in [-0.2, -0.15) is 0 Å². The Morgan fingerprint density at radius 2 is 2.04 bits per heavy atom. The van der Waals surface area contributed by atoms with E-state index < -0.39 is 11.8 Å². The first kappa shape index (κ1) is 19.6. The SMILES string of the molecule is C=CCN1C(=O)/C(=C\c2cc(Br)c(Sc3ccc(C)cc3)o2)C(=O)NC1=S. The van der Waals surface area contributed by atoms with Gasteiger partial charge >= 0.3 is 0 Å². The summed E-state index contributed by atoms with van der Waals surface area (Å²) >= 11 is 9.94. The van der Waals surface area contributed by atoms with E-state index in [-0.39, 0.29) is 17.2 Å². The molecule has 8 heteroatoms. The fourth-order valence-electron chi connectivity index (χ4n) is 2.35. The van der Waals surface area contributed by atoms with E-state index in [0.717, 1.165) is 9.37 Å². The van der Waals surface area contributed by atoms with Gasteiger partial charge in [0.25, 0.3) is 11.8 Å². The van der Waals surface area contributed by atoms with E-state index >= 15 is 0 Å². The number of hydrogen-bond acceptors (Lipinski definition) is 5. The standard InChI is InChI=1S/C19H15BrN2O3S2/c1-3-8-22-17(24)14(16(23)21-19(22)26)9-12-10-15(20)18(25-12)27-13-6-4-11(2)5-7-13/h3-7,9-10H,1,8H2,2H3,(H,21,23,26)/b14-9-. The van der Waals surface area contributed by atoms with Crippen LogP contribution in [0.3, 0.4) is 0 Å². The van der Waals surface area contributed by atoms with E-state index in [1.54, 1.807) is 12.1 Å². The van der Waals surface area contributed by atoms with E-state index in [1.807, 2.05) is 31.2 Å². The van der Waals surface area contributed by atoms with Crippen LogP contribution in [-0.4, -0.2) is 28.4 Å². The molecule has 5 nitrogen and oxygen atoms in total. The van der Waals surface area contributed by atoms with E-state index in [2.05, 4.69) is 27.8 Å². The van der Waals surface area contributed by atoms with Crippen LogP contribution in [0, 0.1) is 6.92 Å². The molecular formula is C19H15BrN2O3S2. The minimum Gasteiger partial charge on any atom is -0.449 e. The number of rotatable bonds is 5. The van der Waals surface area contributed by atoms with Gasteiger partial charge in [-0.05, 0) is 59.3 Å². The summed E-state index contributed by atoms with van der Waals surface area (Å²) in [7, 11) is 0. The molecule has 1 aromatic carbocycles. The number of hydrogen-bond donors (Lipinski definition) is 1. The summed E-state index contributed by atoms with van der Waals surface area (Å²) < 4.78 is 6.54. The molecule has 0 saturated carbocycles. The molecule has 0 unspecified atom stereocenters. The van der Waals surface area contributed by atoms with Crippen molar-refractivity contribution < 1.29 is 14.0 Å². The van der Waals surface area contributed by atoms with E-state index in [1.165, 1.54) is 28.3 Å². The fourth-order valence-corrected chi connectivity index (χ4v) is 3.93. The summed E-state index contributed by atoms with van der Waals surface area (Å²) in [6, 6.07) is 9.75. The number of benzene rings is 1. The van der Waals surface area contributed by atoms with Gasteiger partial charge < -0.3 is 4.42 Å². The maximum atomic E-state index is 12.6. The Hall–Kier alpha value is -2.16. The highest BCUT2D eigenvalue weighted by atomic mass is 79.9. The summed E-state index contributed by atoms with van der Waals surface area (Å²) in [5.41, 5.74) is 1.13. The predicted octanol–water partition coefficient (Wildman–Crippen LogP) is 4.31. The number of thiocarbonyl (C=S) groups is 1. The van der Waals surface area contributed by atoms with Crippen LogP contribution in [0.1, 0.15) is 11.3 Å². The second-order valence-electron chi connectivity index (χ2n) is 5.72. The number of furan rings is 1.